The maximum absolute atomic E-state index is 12.8. The molecule has 2 fully saturated rings. The van der Waals surface area contributed by atoms with E-state index in [1.165, 1.54) is 22.9 Å². The van der Waals surface area contributed by atoms with Crippen molar-refractivity contribution in [2.75, 3.05) is 32.7 Å². The van der Waals surface area contributed by atoms with Crippen LogP contribution in [-0.4, -0.2) is 62.3 Å². The van der Waals surface area contributed by atoms with E-state index in [9.17, 15) is 13.2 Å². The highest BCUT2D eigenvalue weighted by molar-refractivity contribution is 7.89. The van der Waals surface area contributed by atoms with E-state index in [0.717, 1.165) is 19.6 Å². The molecule has 8 heteroatoms. The van der Waals surface area contributed by atoms with Gasteiger partial charge in [-0.25, -0.2) is 8.42 Å². The van der Waals surface area contributed by atoms with Gasteiger partial charge in [-0.15, -0.1) is 0 Å². The minimum absolute atomic E-state index is 0.0455. The maximum Gasteiger partial charge on any atom is 0.243 e. The fraction of sp³-hybridized carbons (Fsp3) is 0.682. The molecule has 2 aliphatic rings. The van der Waals surface area contributed by atoms with Crippen LogP contribution in [0.1, 0.15) is 40.0 Å². The Morgan fingerprint density at radius 3 is 2.27 bits per heavy atom. The average molecular weight is 456 g/mol. The van der Waals surface area contributed by atoms with Crippen molar-refractivity contribution in [1.82, 2.24) is 14.5 Å². The molecule has 2 aliphatic heterocycles. The summed E-state index contributed by atoms with van der Waals surface area (Å²) < 4.78 is 27.1. The lowest BCUT2D eigenvalue weighted by Gasteiger charge is -2.37. The third-order valence-corrected chi connectivity index (χ3v) is 8.31. The molecule has 0 aromatic heterocycles. The molecule has 2 saturated heterocycles. The molecule has 3 rings (SSSR count). The molecule has 0 bridgehead atoms. The molecule has 30 heavy (non-hydrogen) atoms. The number of nitrogens with one attached hydrogen (secondary N) is 1. The van der Waals surface area contributed by atoms with Gasteiger partial charge in [0, 0.05) is 49.7 Å². The first-order chi connectivity index (χ1) is 14.1. The fourth-order valence-corrected chi connectivity index (χ4v) is 6.44. The first-order valence-corrected chi connectivity index (χ1v) is 12.8. The van der Waals surface area contributed by atoms with Crippen molar-refractivity contribution in [3.8, 4) is 0 Å². The van der Waals surface area contributed by atoms with Gasteiger partial charge in [0.05, 0.1) is 4.90 Å². The average Bonchev–Trinajstić information content (AvgIpc) is 2.67. The lowest BCUT2D eigenvalue weighted by Crippen LogP contribution is -2.49. The molecule has 6 nitrogen and oxygen atoms in total. The first-order valence-electron chi connectivity index (χ1n) is 10.9. The summed E-state index contributed by atoms with van der Waals surface area (Å²) in [5, 5.41) is 3.66. The van der Waals surface area contributed by atoms with E-state index in [4.69, 9.17) is 11.6 Å². The summed E-state index contributed by atoms with van der Waals surface area (Å²) in [6.07, 6.45) is 2.36. The van der Waals surface area contributed by atoms with E-state index in [2.05, 4.69) is 31.0 Å². The second-order valence-electron chi connectivity index (χ2n) is 9.21. The standard InChI is InChI=1S/C22H34ClN3O3S/c1-16-12-17(2)14-25(13-16)15-18(3)24-22(27)19-8-10-26(11-9-19)30(28,29)21-6-4-20(23)5-7-21/h4-7,16-19H,8-15H2,1-3H3,(H,24,27). The number of likely N-dealkylation sites (tertiary alicyclic amines) is 1. The molecule has 1 N–H and O–H groups in total. The highest BCUT2D eigenvalue weighted by Gasteiger charge is 2.32. The van der Waals surface area contributed by atoms with Crippen LogP contribution in [0.5, 0.6) is 0 Å². The molecule has 168 valence electrons. The zero-order chi connectivity index (χ0) is 21.9. The normalized spacial score (nSPS) is 25.7. The van der Waals surface area contributed by atoms with Gasteiger partial charge in [-0.2, -0.15) is 4.31 Å². The van der Waals surface area contributed by atoms with Gasteiger partial charge in [-0.05, 0) is 62.3 Å². The molecule has 1 aromatic rings. The van der Waals surface area contributed by atoms with Crippen molar-refractivity contribution in [2.45, 2.75) is 51.0 Å². The molecular weight excluding hydrogens is 422 g/mol. The van der Waals surface area contributed by atoms with Crippen LogP contribution >= 0.6 is 11.6 Å². The third kappa shape index (κ3) is 5.96. The number of hydrogen-bond donors (Lipinski definition) is 1. The fourth-order valence-electron chi connectivity index (χ4n) is 4.85. The van der Waals surface area contributed by atoms with E-state index >= 15 is 0 Å². The van der Waals surface area contributed by atoms with Crippen LogP contribution in [-0.2, 0) is 14.8 Å². The van der Waals surface area contributed by atoms with Crippen LogP contribution < -0.4 is 5.32 Å². The van der Waals surface area contributed by atoms with Gasteiger partial charge in [-0.1, -0.05) is 25.4 Å². The van der Waals surface area contributed by atoms with E-state index in [1.807, 2.05) is 0 Å². The number of benzene rings is 1. The predicted molar refractivity (Wildman–Crippen MR) is 120 cm³/mol. The second-order valence-corrected chi connectivity index (χ2v) is 11.6. The van der Waals surface area contributed by atoms with Crippen LogP contribution in [0.3, 0.4) is 0 Å². The topological polar surface area (TPSA) is 69.7 Å². The molecule has 0 saturated carbocycles. The molecule has 2 heterocycles. The van der Waals surface area contributed by atoms with Gasteiger partial charge in [0.1, 0.15) is 0 Å². The summed E-state index contributed by atoms with van der Waals surface area (Å²) in [4.78, 5) is 15.4. The van der Waals surface area contributed by atoms with Crippen molar-refractivity contribution < 1.29 is 13.2 Å². The molecule has 0 radical (unpaired) electrons. The summed E-state index contributed by atoms with van der Waals surface area (Å²) >= 11 is 5.86. The number of halogens is 1. The van der Waals surface area contributed by atoms with Crippen LogP contribution in [0, 0.1) is 17.8 Å². The monoisotopic (exact) mass is 455 g/mol. The van der Waals surface area contributed by atoms with Crippen LogP contribution in [0.2, 0.25) is 5.02 Å². The molecule has 3 atom stereocenters. The van der Waals surface area contributed by atoms with Crippen LogP contribution in [0.4, 0.5) is 0 Å². The molecule has 3 unspecified atom stereocenters. The highest BCUT2D eigenvalue weighted by atomic mass is 35.5. The van der Waals surface area contributed by atoms with Gasteiger partial charge in [0.15, 0.2) is 0 Å². The van der Waals surface area contributed by atoms with Crippen LogP contribution in [0.15, 0.2) is 29.2 Å². The zero-order valence-corrected chi connectivity index (χ0v) is 19.8. The third-order valence-electron chi connectivity index (χ3n) is 6.14. The first kappa shape index (κ1) is 23.5. The Hall–Kier alpha value is -1.15. The Labute approximate surface area is 186 Å². The molecule has 1 amide bonds. The summed E-state index contributed by atoms with van der Waals surface area (Å²) in [7, 11) is -3.54. The number of sulfonamides is 1. The van der Waals surface area contributed by atoms with E-state index in [0.29, 0.717) is 42.8 Å². The molecular formula is C22H34ClN3O3S. The van der Waals surface area contributed by atoms with Crippen molar-refractivity contribution in [1.29, 1.82) is 0 Å². The Balaban J connectivity index is 1.48. The second kappa shape index (κ2) is 9.98. The minimum Gasteiger partial charge on any atom is -0.352 e. The highest BCUT2D eigenvalue weighted by Crippen LogP contribution is 2.25. The van der Waals surface area contributed by atoms with E-state index in [-0.39, 0.29) is 22.8 Å². The zero-order valence-electron chi connectivity index (χ0n) is 18.2. The van der Waals surface area contributed by atoms with Gasteiger partial charge in [0.2, 0.25) is 15.9 Å². The Kier molecular flexibility index (Phi) is 7.82. The Morgan fingerprint density at radius 2 is 1.70 bits per heavy atom. The summed E-state index contributed by atoms with van der Waals surface area (Å²) in [5.74, 6) is 1.31. The predicted octanol–water partition coefficient (Wildman–Crippen LogP) is 3.22. The lowest BCUT2D eigenvalue weighted by molar-refractivity contribution is -0.126. The summed E-state index contributed by atoms with van der Waals surface area (Å²) in [6.45, 7) is 10.4. The van der Waals surface area contributed by atoms with E-state index in [1.54, 1.807) is 12.1 Å². The van der Waals surface area contributed by atoms with Crippen molar-refractivity contribution >= 4 is 27.5 Å². The van der Waals surface area contributed by atoms with Gasteiger partial charge in [0.25, 0.3) is 0 Å². The Bertz CT molecular complexity index is 813. The summed E-state index contributed by atoms with van der Waals surface area (Å²) in [6, 6.07) is 6.31. The van der Waals surface area contributed by atoms with Crippen molar-refractivity contribution in [3.05, 3.63) is 29.3 Å². The number of carbonyl (C=O) groups excluding carboxylic acids is 1. The van der Waals surface area contributed by atoms with Crippen molar-refractivity contribution in [2.24, 2.45) is 17.8 Å². The smallest absolute Gasteiger partial charge is 0.243 e. The quantitative estimate of drug-likeness (QED) is 0.715. The van der Waals surface area contributed by atoms with Gasteiger partial charge >= 0.3 is 0 Å². The number of nitrogens with zero attached hydrogens (tertiary/aromatic N) is 2. The number of carbonyl (C=O) groups is 1. The van der Waals surface area contributed by atoms with Crippen molar-refractivity contribution in [3.63, 3.8) is 0 Å². The Morgan fingerprint density at radius 1 is 1.13 bits per heavy atom. The SMILES string of the molecule is CC1CC(C)CN(CC(C)NC(=O)C2CCN(S(=O)(=O)c3ccc(Cl)cc3)CC2)C1. The number of amides is 1. The van der Waals surface area contributed by atoms with Gasteiger partial charge in [-0.3, -0.25) is 4.79 Å². The number of hydrogen-bond acceptors (Lipinski definition) is 4. The maximum atomic E-state index is 12.8. The summed E-state index contributed by atoms with van der Waals surface area (Å²) in [5.41, 5.74) is 0. The minimum atomic E-state index is -3.54. The van der Waals surface area contributed by atoms with Gasteiger partial charge < -0.3 is 10.2 Å². The molecule has 1 aromatic carbocycles. The number of piperidine rings is 2. The number of rotatable bonds is 6. The molecule has 0 aliphatic carbocycles. The van der Waals surface area contributed by atoms with Crippen LogP contribution in [0.25, 0.3) is 0 Å². The largest absolute Gasteiger partial charge is 0.352 e. The molecule has 0 spiro atoms. The lowest BCUT2D eigenvalue weighted by atomic mass is 9.91. The van der Waals surface area contributed by atoms with E-state index < -0.39 is 10.0 Å².